The molecule has 1 aromatic heterocycles. The van der Waals surface area contributed by atoms with Gasteiger partial charge in [-0.2, -0.15) is 0 Å². The highest BCUT2D eigenvalue weighted by Gasteiger charge is 2.15. The van der Waals surface area contributed by atoms with Crippen LogP contribution in [0.3, 0.4) is 0 Å². The van der Waals surface area contributed by atoms with Gasteiger partial charge < -0.3 is 5.73 Å². The van der Waals surface area contributed by atoms with Crippen molar-refractivity contribution in [1.82, 2.24) is 4.98 Å². The van der Waals surface area contributed by atoms with Gasteiger partial charge in [0.15, 0.2) is 0 Å². The summed E-state index contributed by atoms with van der Waals surface area (Å²) >= 11 is 0. The first-order chi connectivity index (χ1) is 9.03. The van der Waals surface area contributed by atoms with Gasteiger partial charge in [-0.1, -0.05) is 12.1 Å². The van der Waals surface area contributed by atoms with Crippen LogP contribution in [0.15, 0.2) is 47.6 Å². The van der Waals surface area contributed by atoms with Gasteiger partial charge in [0.1, 0.15) is 4.90 Å². The number of nitrogens with two attached hydrogens (primary N) is 1. The molecule has 2 rings (SSSR count). The van der Waals surface area contributed by atoms with Gasteiger partial charge in [0.05, 0.1) is 5.69 Å². The number of hydrogen-bond acceptors (Lipinski definition) is 4. The lowest BCUT2D eigenvalue weighted by molar-refractivity contribution is 0.601. The number of nitrogens with zero attached hydrogens (tertiary/aromatic N) is 1. The first kappa shape index (κ1) is 13.5. The van der Waals surface area contributed by atoms with E-state index in [1.165, 1.54) is 18.5 Å². The molecule has 2 aromatic rings. The maximum absolute atomic E-state index is 12.2. The largest absolute Gasteiger partial charge is 0.326 e. The first-order valence-electron chi connectivity index (χ1n) is 5.75. The number of hydrogen-bond donors (Lipinski definition) is 2. The topological polar surface area (TPSA) is 85.1 Å². The van der Waals surface area contributed by atoms with Crippen LogP contribution >= 0.6 is 0 Å². The molecule has 1 aromatic carbocycles. The molecule has 0 fully saturated rings. The summed E-state index contributed by atoms with van der Waals surface area (Å²) in [6.07, 6.45) is 2.84. The Balaban J connectivity index is 2.36. The quantitative estimate of drug-likeness (QED) is 0.889. The van der Waals surface area contributed by atoms with Crippen molar-refractivity contribution in [3.8, 4) is 0 Å². The zero-order chi connectivity index (χ0) is 13.9. The summed E-state index contributed by atoms with van der Waals surface area (Å²) in [6, 6.07) is 8.53. The summed E-state index contributed by atoms with van der Waals surface area (Å²) in [7, 11) is -3.61. The van der Waals surface area contributed by atoms with E-state index in [0.29, 0.717) is 12.2 Å². The van der Waals surface area contributed by atoms with E-state index < -0.39 is 10.0 Å². The van der Waals surface area contributed by atoms with Crippen molar-refractivity contribution in [2.24, 2.45) is 5.73 Å². The molecule has 0 aliphatic carbocycles. The van der Waals surface area contributed by atoms with Gasteiger partial charge >= 0.3 is 0 Å². The number of benzene rings is 1. The third kappa shape index (κ3) is 3.10. The van der Waals surface area contributed by atoms with Crippen LogP contribution in [0.1, 0.15) is 11.1 Å². The van der Waals surface area contributed by atoms with Gasteiger partial charge in [-0.25, -0.2) is 8.42 Å². The molecule has 0 amide bonds. The Morgan fingerprint density at radius 2 is 2.11 bits per heavy atom. The summed E-state index contributed by atoms with van der Waals surface area (Å²) in [6.45, 7) is 2.20. The van der Waals surface area contributed by atoms with E-state index in [1.807, 2.05) is 19.1 Å². The fourth-order valence-corrected chi connectivity index (χ4v) is 2.70. The molecule has 6 heteroatoms. The van der Waals surface area contributed by atoms with E-state index in [4.69, 9.17) is 5.73 Å². The Labute approximate surface area is 112 Å². The molecule has 0 aliphatic rings. The highest BCUT2D eigenvalue weighted by molar-refractivity contribution is 7.92. The molecule has 100 valence electrons. The molecule has 0 saturated heterocycles. The lowest BCUT2D eigenvalue weighted by Gasteiger charge is -2.11. The normalized spacial score (nSPS) is 11.3. The van der Waals surface area contributed by atoms with Crippen molar-refractivity contribution >= 4 is 15.7 Å². The van der Waals surface area contributed by atoms with Crippen LogP contribution in [0.4, 0.5) is 5.69 Å². The Hall–Kier alpha value is -1.92. The second kappa shape index (κ2) is 5.38. The standard InChI is InChI=1S/C13H15N3O2S/c1-10-4-5-11(8-14)7-13(10)16-19(17,18)12-3-2-6-15-9-12/h2-7,9,16H,8,14H2,1H3. The molecule has 0 radical (unpaired) electrons. The van der Waals surface area contributed by atoms with Gasteiger partial charge in [0, 0.05) is 18.9 Å². The van der Waals surface area contributed by atoms with E-state index in [0.717, 1.165) is 11.1 Å². The highest BCUT2D eigenvalue weighted by Crippen LogP contribution is 2.20. The van der Waals surface area contributed by atoms with Crippen LogP contribution in [0.25, 0.3) is 0 Å². The zero-order valence-corrected chi connectivity index (χ0v) is 11.3. The Morgan fingerprint density at radius 3 is 2.74 bits per heavy atom. The first-order valence-corrected chi connectivity index (χ1v) is 7.23. The summed E-state index contributed by atoms with van der Waals surface area (Å²) in [5.74, 6) is 0. The molecule has 0 spiro atoms. The van der Waals surface area contributed by atoms with E-state index in [-0.39, 0.29) is 4.90 Å². The van der Waals surface area contributed by atoms with Crippen LogP contribution < -0.4 is 10.5 Å². The zero-order valence-electron chi connectivity index (χ0n) is 10.5. The minimum absolute atomic E-state index is 0.132. The molecule has 0 atom stereocenters. The van der Waals surface area contributed by atoms with Crippen molar-refractivity contribution in [3.63, 3.8) is 0 Å². The lowest BCUT2D eigenvalue weighted by Crippen LogP contribution is -2.14. The molecule has 5 nitrogen and oxygen atoms in total. The number of sulfonamides is 1. The molecular formula is C13H15N3O2S. The maximum Gasteiger partial charge on any atom is 0.263 e. The number of aromatic nitrogens is 1. The van der Waals surface area contributed by atoms with Gasteiger partial charge in [0.25, 0.3) is 10.0 Å². The smallest absolute Gasteiger partial charge is 0.263 e. The third-order valence-electron chi connectivity index (χ3n) is 2.73. The van der Waals surface area contributed by atoms with Crippen molar-refractivity contribution < 1.29 is 8.42 Å². The van der Waals surface area contributed by atoms with Crippen molar-refractivity contribution in [2.75, 3.05) is 4.72 Å². The Kier molecular flexibility index (Phi) is 3.82. The lowest BCUT2D eigenvalue weighted by atomic mass is 10.1. The minimum atomic E-state index is -3.61. The van der Waals surface area contributed by atoms with E-state index >= 15 is 0 Å². The summed E-state index contributed by atoms with van der Waals surface area (Å²) < 4.78 is 26.9. The van der Waals surface area contributed by atoms with Gasteiger partial charge in [-0.3, -0.25) is 9.71 Å². The molecule has 0 saturated carbocycles. The summed E-state index contributed by atoms with van der Waals surface area (Å²) in [5, 5.41) is 0. The van der Waals surface area contributed by atoms with Gasteiger partial charge in [-0.05, 0) is 36.2 Å². The maximum atomic E-state index is 12.2. The fourth-order valence-electron chi connectivity index (χ4n) is 1.62. The molecule has 19 heavy (non-hydrogen) atoms. The number of nitrogens with one attached hydrogen (secondary N) is 1. The van der Waals surface area contributed by atoms with Crippen LogP contribution in [0.2, 0.25) is 0 Å². The van der Waals surface area contributed by atoms with Crippen molar-refractivity contribution in [3.05, 3.63) is 53.9 Å². The SMILES string of the molecule is Cc1ccc(CN)cc1NS(=O)(=O)c1cccnc1. The molecule has 1 heterocycles. The minimum Gasteiger partial charge on any atom is -0.326 e. The van der Waals surface area contributed by atoms with Crippen molar-refractivity contribution in [2.45, 2.75) is 18.4 Å². The number of anilines is 1. The average Bonchev–Trinajstić information content (AvgIpc) is 2.42. The molecule has 0 aliphatic heterocycles. The predicted octanol–water partition coefficient (Wildman–Crippen LogP) is 1.65. The van der Waals surface area contributed by atoms with Crippen LogP contribution in [0.5, 0.6) is 0 Å². The molecule has 0 bridgehead atoms. The highest BCUT2D eigenvalue weighted by atomic mass is 32.2. The van der Waals surface area contributed by atoms with E-state index in [1.54, 1.807) is 12.1 Å². The predicted molar refractivity (Wildman–Crippen MR) is 74.1 cm³/mol. The molecular weight excluding hydrogens is 262 g/mol. The number of rotatable bonds is 4. The fraction of sp³-hybridized carbons (Fsp3) is 0.154. The van der Waals surface area contributed by atoms with E-state index in [2.05, 4.69) is 9.71 Å². The third-order valence-corrected chi connectivity index (χ3v) is 4.08. The summed E-state index contributed by atoms with van der Waals surface area (Å²) in [4.78, 5) is 3.94. The van der Waals surface area contributed by atoms with Crippen LogP contribution in [0, 0.1) is 6.92 Å². The van der Waals surface area contributed by atoms with Gasteiger partial charge in [-0.15, -0.1) is 0 Å². The van der Waals surface area contributed by atoms with Crippen molar-refractivity contribution in [1.29, 1.82) is 0 Å². The second-order valence-corrected chi connectivity index (χ2v) is 5.83. The average molecular weight is 277 g/mol. The summed E-state index contributed by atoms with van der Waals surface area (Å²) in [5.41, 5.74) is 7.80. The Bertz CT molecular complexity index is 670. The van der Waals surface area contributed by atoms with E-state index in [9.17, 15) is 8.42 Å². The second-order valence-electron chi connectivity index (χ2n) is 4.15. The Morgan fingerprint density at radius 1 is 1.32 bits per heavy atom. The van der Waals surface area contributed by atoms with Crippen LogP contribution in [-0.2, 0) is 16.6 Å². The molecule has 0 unspecified atom stereocenters. The monoisotopic (exact) mass is 277 g/mol. The van der Waals surface area contributed by atoms with Crippen LogP contribution in [-0.4, -0.2) is 13.4 Å². The van der Waals surface area contributed by atoms with Gasteiger partial charge in [0.2, 0.25) is 0 Å². The number of pyridine rings is 1. The molecule has 3 N–H and O–H groups in total. The number of aryl methyl sites for hydroxylation is 1.